The molecule has 0 saturated heterocycles. The lowest BCUT2D eigenvalue weighted by atomic mass is 10.0. The van der Waals surface area contributed by atoms with Crippen LogP contribution in [0.5, 0.6) is 0 Å². The van der Waals surface area contributed by atoms with Crippen molar-refractivity contribution in [3.05, 3.63) is 46.6 Å². The van der Waals surface area contributed by atoms with Gasteiger partial charge in [-0.1, -0.05) is 39.1 Å². The summed E-state index contributed by atoms with van der Waals surface area (Å²) in [4.78, 5) is 3.06. The molecule has 74 valence electrons. The van der Waals surface area contributed by atoms with E-state index >= 15 is 0 Å². The van der Waals surface area contributed by atoms with Gasteiger partial charge in [-0.15, -0.1) is 0 Å². The highest BCUT2D eigenvalue weighted by Crippen LogP contribution is 2.05. The molecule has 1 aromatic heterocycles. The molecule has 0 radical (unpaired) electrons. The van der Waals surface area contributed by atoms with Gasteiger partial charge in [0.25, 0.3) is 0 Å². The van der Waals surface area contributed by atoms with E-state index in [9.17, 15) is 0 Å². The summed E-state index contributed by atoms with van der Waals surface area (Å²) in [6.45, 7) is 12.2. The van der Waals surface area contributed by atoms with Crippen LogP contribution in [0.25, 0.3) is 13.2 Å². The summed E-state index contributed by atoms with van der Waals surface area (Å²) >= 11 is 0. The van der Waals surface area contributed by atoms with Gasteiger partial charge >= 0.3 is 0 Å². The zero-order chi connectivity index (χ0) is 10.6. The topological polar surface area (TPSA) is 15.8 Å². The van der Waals surface area contributed by atoms with Crippen molar-refractivity contribution >= 4 is 13.2 Å². The van der Waals surface area contributed by atoms with Gasteiger partial charge < -0.3 is 4.98 Å². The zero-order valence-corrected chi connectivity index (χ0v) is 8.88. The van der Waals surface area contributed by atoms with Crippen LogP contribution in [0.1, 0.15) is 25.3 Å². The Morgan fingerprint density at radius 2 is 1.86 bits per heavy atom. The second-order valence-corrected chi connectivity index (χ2v) is 3.66. The maximum absolute atomic E-state index is 4.03. The summed E-state index contributed by atoms with van der Waals surface area (Å²) in [5, 5.41) is 1.93. The van der Waals surface area contributed by atoms with Crippen molar-refractivity contribution in [2.45, 2.75) is 19.8 Å². The molecule has 1 aromatic rings. The Morgan fingerprint density at radius 3 is 2.50 bits per heavy atom. The molecule has 1 heteroatoms. The van der Waals surface area contributed by atoms with Gasteiger partial charge in [-0.2, -0.15) is 0 Å². The van der Waals surface area contributed by atoms with Crippen LogP contribution >= 0.6 is 0 Å². The van der Waals surface area contributed by atoms with Gasteiger partial charge in [0.05, 0.1) is 0 Å². The van der Waals surface area contributed by atoms with E-state index < -0.39 is 0 Å². The van der Waals surface area contributed by atoms with E-state index in [1.165, 1.54) is 5.56 Å². The molecule has 1 heterocycles. The fourth-order valence-electron chi connectivity index (χ4n) is 1.33. The molecule has 0 atom stereocenters. The van der Waals surface area contributed by atoms with Gasteiger partial charge in [0, 0.05) is 11.5 Å². The summed E-state index contributed by atoms with van der Waals surface area (Å²) < 4.78 is 0. The normalized spacial score (nSPS) is 9.93. The molecule has 1 N–H and O–H groups in total. The first-order valence-corrected chi connectivity index (χ1v) is 4.81. The molecular weight excluding hydrogens is 170 g/mol. The lowest BCUT2D eigenvalue weighted by molar-refractivity contribution is 0.861. The third kappa shape index (κ3) is 2.77. The molecule has 0 aromatic carbocycles. The Kier molecular flexibility index (Phi) is 3.52. The Morgan fingerprint density at radius 1 is 1.14 bits per heavy atom. The van der Waals surface area contributed by atoms with Crippen molar-refractivity contribution < 1.29 is 0 Å². The van der Waals surface area contributed by atoms with Gasteiger partial charge in [0.2, 0.25) is 0 Å². The molecular formula is C13H17N. The van der Waals surface area contributed by atoms with Crippen LogP contribution < -0.4 is 10.6 Å². The third-order valence-corrected chi connectivity index (χ3v) is 2.12. The number of hydrogen-bond donors (Lipinski definition) is 1. The first-order valence-electron chi connectivity index (χ1n) is 4.81. The molecule has 0 unspecified atom stereocenters. The SMILES string of the molecule is C=c1cccc(C(C)C)c(=C)cc[nH]1. The molecule has 0 spiro atoms. The molecule has 0 aliphatic rings. The first-order chi connectivity index (χ1) is 6.61. The average Bonchev–Trinajstić information content (AvgIpc) is 2.17. The summed E-state index contributed by atoms with van der Waals surface area (Å²) in [5.74, 6) is 0.489. The van der Waals surface area contributed by atoms with Crippen LogP contribution in [0.15, 0.2) is 30.5 Å². The van der Waals surface area contributed by atoms with Crippen LogP contribution in [0, 0.1) is 0 Å². The Labute approximate surface area is 85.1 Å². The first kappa shape index (κ1) is 10.6. The van der Waals surface area contributed by atoms with Gasteiger partial charge in [-0.25, -0.2) is 0 Å². The Bertz CT molecular complexity index is 439. The minimum atomic E-state index is 0.489. The highest BCUT2D eigenvalue weighted by molar-refractivity contribution is 5.20. The van der Waals surface area contributed by atoms with Gasteiger partial charge in [-0.05, 0) is 28.8 Å². The van der Waals surface area contributed by atoms with Crippen LogP contribution in [-0.2, 0) is 0 Å². The molecule has 1 rings (SSSR count). The van der Waals surface area contributed by atoms with Crippen molar-refractivity contribution in [2.75, 3.05) is 0 Å². The van der Waals surface area contributed by atoms with E-state index in [-0.39, 0.29) is 0 Å². The van der Waals surface area contributed by atoms with Gasteiger partial charge in [0.1, 0.15) is 0 Å². The molecule has 0 saturated carbocycles. The molecule has 0 aliphatic carbocycles. The minimum Gasteiger partial charge on any atom is -0.362 e. The third-order valence-electron chi connectivity index (χ3n) is 2.12. The minimum absolute atomic E-state index is 0.489. The van der Waals surface area contributed by atoms with Crippen LogP contribution in [-0.4, -0.2) is 4.98 Å². The fraction of sp³-hybridized carbons (Fsp3) is 0.231. The smallest absolute Gasteiger partial charge is 0.0306 e. The number of nitrogens with one attached hydrogen (secondary N) is 1. The largest absolute Gasteiger partial charge is 0.362 e. The number of rotatable bonds is 1. The molecule has 0 fully saturated rings. The summed E-state index contributed by atoms with van der Waals surface area (Å²) in [6, 6.07) is 8.02. The predicted octanol–water partition coefficient (Wildman–Crippen LogP) is 2.08. The zero-order valence-electron chi connectivity index (χ0n) is 8.88. The highest BCUT2D eigenvalue weighted by Gasteiger charge is 1.95. The van der Waals surface area contributed by atoms with Crippen molar-refractivity contribution in [1.82, 2.24) is 4.98 Å². The van der Waals surface area contributed by atoms with Crippen molar-refractivity contribution in [2.24, 2.45) is 0 Å². The predicted molar refractivity (Wildman–Crippen MR) is 62.8 cm³/mol. The van der Waals surface area contributed by atoms with Crippen molar-refractivity contribution in [3.8, 4) is 0 Å². The van der Waals surface area contributed by atoms with E-state index in [2.05, 4.69) is 38.1 Å². The fourth-order valence-corrected chi connectivity index (χ4v) is 1.33. The molecule has 1 nitrogen and oxygen atoms in total. The molecule has 0 aliphatic heterocycles. The monoisotopic (exact) mass is 187 g/mol. The number of hydrogen-bond acceptors (Lipinski definition) is 0. The number of aromatic nitrogens is 1. The lowest BCUT2D eigenvalue weighted by Crippen LogP contribution is -2.05. The second-order valence-electron chi connectivity index (χ2n) is 3.66. The van der Waals surface area contributed by atoms with Crippen LogP contribution in [0.4, 0.5) is 0 Å². The maximum Gasteiger partial charge on any atom is 0.0306 e. The van der Waals surface area contributed by atoms with Gasteiger partial charge in [0.15, 0.2) is 0 Å². The summed E-state index contributed by atoms with van der Waals surface area (Å²) in [5.41, 5.74) is 1.26. The Hall–Kier alpha value is -1.50. The number of aromatic amines is 1. The second kappa shape index (κ2) is 4.66. The van der Waals surface area contributed by atoms with E-state index in [1.54, 1.807) is 0 Å². The molecule has 14 heavy (non-hydrogen) atoms. The van der Waals surface area contributed by atoms with Crippen molar-refractivity contribution in [3.63, 3.8) is 0 Å². The summed E-state index contributed by atoms with van der Waals surface area (Å²) in [7, 11) is 0. The molecule has 0 amide bonds. The van der Waals surface area contributed by atoms with E-state index in [1.807, 2.05) is 24.4 Å². The summed E-state index contributed by atoms with van der Waals surface area (Å²) in [6.07, 6.45) is 1.87. The number of H-pyrrole nitrogens is 1. The van der Waals surface area contributed by atoms with Crippen LogP contribution in [0.3, 0.4) is 0 Å². The maximum atomic E-state index is 4.03. The Balaban J connectivity index is 3.50. The standard InChI is InChI=1S/C13H17N/c1-10(2)13-7-5-6-12(4)14-9-8-11(13)3/h5-10,14H,3-4H2,1-2H3. The van der Waals surface area contributed by atoms with E-state index in [0.717, 1.165) is 10.6 Å². The van der Waals surface area contributed by atoms with Gasteiger partial charge in [-0.3, -0.25) is 0 Å². The van der Waals surface area contributed by atoms with E-state index in [4.69, 9.17) is 0 Å². The van der Waals surface area contributed by atoms with Crippen LogP contribution in [0.2, 0.25) is 0 Å². The lowest BCUT2D eigenvalue weighted by Gasteiger charge is -2.01. The van der Waals surface area contributed by atoms with E-state index in [0.29, 0.717) is 5.92 Å². The molecule has 0 bridgehead atoms. The quantitative estimate of drug-likeness (QED) is 0.693. The average molecular weight is 187 g/mol. The van der Waals surface area contributed by atoms with Crippen molar-refractivity contribution in [1.29, 1.82) is 0 Å². The highest BCUT2D eigenvalue weighted by atomic mass is 14.6.